The summed E-state index contributed by atoms with van der Waals surface area (Å²) in [6.45, 7) is 2.71. The monoisotopic (exact) mass is 415 g/mol. The zero-order chi connectivity index (χ0) is 20.1. The molecule has 1 saturated carbocycles. The first-order valence-electron chi connectivity index (χ1n) is 10.1. The molecule has 0 spiro atoms. The number of nitrogens with zero attached hydrogens (tertiary/aromatic N) is 3. The van der Waals surface area contributed by atoms with Gasteiger partial charge in [0.05, 0.1) is 0 Å². The van der Waals surface area contributed by atoms with Gasteiger partial charge in [-0.1, -0.05) is 25.7 Å². The minimum absolute atomic E-state index is 0.103. The summed E-state index contributed by atoms with van der Waals surface area (Å²) in [5.74, 6) is 0.197. The number of thiocarbonyl (C=S) groups is 1. The van der Waals surface area contributed by atoms with E-state index in [-0.39, 0.29) is 23.1 Å². The summed E-state index contributed by atoms with van der Waals surface area (Å²) in [5.41, 5.74) is -0.949. The van der Waals surface area contributed by atoms with Crippen molar-refractivity contribution in [2.75, 3.05) is 16.8 Å². The van der Waals surface area contributed by atoms with Crippen LogP contribution in [0.1, 0.15) is 70.4 Å². The number of piperidine rings is 1. The van der Waals surface area contributed by atoms with Crippen molar-refractivity contribution in [1.29, 1.82) is 0 Å². The van der Waals surface area contributed by atoms with Gasteiger partial charge in [0.2, 0.25) is 5.95 Å². The van der Waals surface area contributed by atoms with Crippen LogP contribution in [0.2, 0.25) is 0 Å². The maximum Gasteiger partial charge on any atom is 0.433 e. The molecule has 2 N–H and O–H groups in total. The van der Waals surface area contributed by atoms with Gasteiger partial charge in [0.1, 0.15) is 5.82 Å². The minimum atomic E-state index is -4.54. The average Bonchev–Trinajstić information content (AvgIpc) is 2.89. The summed E-state index contributed by atoms with van der Waals surface area (Å²) in [6, 6.07) is 1.43. The van der Waals surface area contributed by atoms with Crippen molar-refractivity contribution in [2.24, 2.45) is 0 Å². The van der Waals surface area contributed by atoms with Crippen LogP contribution in [0.15, 0.2) is 6.07 Å². The lowest BCUT2D eigenvalue weighted by Crippen LogP contribution is -2.39. The lowest BCUT2D eigenvalue weighted by atomic mass is 10.0. The Bertz CT molecular complexity index is 674. The molecule has 2 fully saturated rings. The molecule has 0 radical (unpaired) electrons. The van der Waals surface area contributed by atoms with Crippen LogP contribution in [0.3, 0.4) is 0 Å². The van der Waals surface area contributed by atoms with Crippen molar-refractivity contribution in [1.82, 2.24) is 15.3 Å². The molecule has 2 aliphatic rings. The summed E-state index contributed by atoms with van der Waals surface area (Å²) in [4.78, 5) is 9.95. The fourth-order valence-corrected chi connectivity index (χ4v) is 4.23. The van der Waals surface area contributed by atoms with Gasteiger partial charge >= 0.3 is 6.18 Å². The molecule has 1 aromatic rings. The van der Waals surface area contributed by atoms with Crippen LogP contribution in [0.4, 0.5) is 24.9 Å². The Morgan fingerprint density at radius 3 is 2.39 bits per heavy atom. The third kappa shape index (κ3) is 5.68. The molecule has 1 aliphatic heterocycles. The van der Waals surface area contributed by atoms with Gasteiger partial charge in [-0.2, -0.15) is 18.2 Å². The predicted octanol–water partition coefficient (Wildman–Crippen LogP) is 4.88. The third-order valence-corrected chi connectivity index (χ3v) is 5.74. The number of aromatic nitrogens is 2. The van der Waals surface area contributed by atoms with Crippen LogP contribution < -0.4 is 15.5 Å². The molecule has 0 amide bonds. The second-order valence-electron chi connectivity index (χ2n) is 7.76. The van der Waals surface area contributed by atoms with Crippen LogP contribution in [0.5, 0.6) is 0 Å². The van der Waals surface area contributed by atoms with Crippen LogP contribution >= 0.6 is 12.2 Å². The van der Waals surface area contributed by atoms with Gasteiger partial charge in [0, 0.05) is 24.7 Å². The Kier molecular flexibility index (Phi) is 6.95. The first-order valence-corrected chi connectivity index (χ1v) is 10.5. The van der Waals surface area contributed by atoms with E-state index < -0.39 is 11.9 Å². The molecular weight excluding hydrogens is 387 g/mol. The van der Waals surface area contributed by atoms with Gasteiger partial charge in [-0.25, -0.2) is 4.98 Å². The van der Waals surface area contributed by atoms with Crippen LogP contribution in [-0.2, 0) is 6.18 Å². The Morgan fingerprint density at radius 2 is 1.75 bits per heavy atom. The molecule has 1 aromatic heterocycles. The highest BCUT2D eigenvalue weighted by Gasteiger charge is 2.35. The maximum atomic E-state index is 13.4. The van der Waals surface area contributed by atoms with Crippen molar-refractivity contribution in [2.45, 2.75) is 83.0 Å². The molecule has 1 aliphatic carbocycles. The number of hydrogen-bond donors (Lipinski definition) is 2. The van der Waals surface area contributed by atoms with Crippen LogP contribution in [-0.4, -0.2) is 33.7 Å². The summed E-state index contributed by atoms with van der Waals surface area (Å²) in [5, 5.41) is 6.29. The number of rotatable bonds is 3. The predicted molar refractivity (Wildman–Crippen MR) is 109 cm³/mol. The van der Waals surface area contributed by atoms with Crippen LogP contribution in [0.25, 0.3) is 0 Å². The molecule has 156 valence electrons. The molecule has 0 unspecified atom stereocenters. The molecule has 1 atom stereocenters. The summed E-state index contributed by atoms with van der Waals surface area (Å²) < 4.78 is 40.1. The van der Waals surface area contributed by atoms with Crippen molar-refractivity contribution >= 4 is 29.1 Å². The van der Waals surface area contributed by atoms with Gasteiger partial charge in [0.15, 0.2) is 10.8 Å². The molecule has 5 nitrogen and oxygen atoms in total. The summed E-state index contributed by atoms with van der Waals surface area (Å²) in [7, 11) is 0. The first-order chi connectivity index (χ1) is 13.3. The molecular formula is C19H28F3N5S. The molecule has 2 heterocycles. The highest BCUT2D eigenvalue weighted by molar-refractivity contribution is 7.80. The van der Waals surface area contributed by atoms with E-state index in [2.05, 4.69) is 20.6 Å². The highest BCUT2D eigenvalue weighted by atomic mass is 32.1. The summed E-state index contributed by atoms with van der Waals surface area (Å²) >= 11 is 5.32. The second kappa shape index (κ2) is 9.24. The van der Waals surface area contributed by atoms with Gasteiger partial charge in [-0.15, -0.1) is 0 Å². The molecule has 9 heteroatoms. The SMILES string of the molecule is C[C@H]1CCCCN1c1cc(C(F)(F)F)nc(NC(=S)NC2CCCCCC2)n1. The van der Waals surface area contributed by atoms with E-state index in [1.165, 1.54) is 12.8 Å². The molecule has 0 aromatic carbocycles. The first kappa shape index (κ1) is 21.1. The second-order valence-corrected chi connectivity index (χ2v) is 8.17. The largest absolute Gasteiger partial charge is 0.433 e. The minimum Gasteiger partial charge on any atom is -0.360 e. The van der Waals surface area contributed by atoms with Gasteiger partial charge in [-0.05, 0) is 51.2 Å². The molecule has 0 bridgehead atoms. The molecule has 28 heavy (non-hydrogen) atoms. The normalized spacial score (nSPS) is 21.9. The number of anilines is 2. The zero-order valence-corrected chi connectivity index (χ0v) is 17.0. The third-order valence-electron chi connectivity index (χ3n) is 5.52. The Morgan fingerprint density at radius 1 is 1.07 bits per heavy atom. The van der Waals surface area contributed by atoms with Gasteiger partial charge < -0.3 is 15.5 Å². The summed E-state index contributed by atoms with van der Waals surface area (Å²) in [6.07, 6.45) is 5.16. The number of halogens is 3. The molecule has 1 saturated heterocycles. The van der Waals surface area contributed by atoms with Crippen molar-refractivity contribution in [3.05, 3.63) is 11.8 Å². The fraction of sp³-hybridized carbons (Fsp3) is 0.737. The van der Waals surface area contributed by atoms with Gasteiger partial charge in [-0.3, -0.25) is 0 Å². The average molecular weight is 416 g/mol. The van der Waals surface area contributed by atoms with Crippen molar-refractivity contribution < 1.29 is 13.2 Å². The number of alkyl halides is 3. The smallest absolute Gasteiger partial charge is 0.360 e. The quantitative estimate of drug-likeness (QED) is 0.542. The Balaban J connectivity index is 1.77. The Hall–Kier alpha value is -1.64. The number of nitrogens with one attached hydrogen (secondary N) is 2. The number of hydrogen-bond acceptors (Lipinski definition) is 4. The highest BCUT2D eigenvalue weighted by Crippen LogP contribution is 2.32. The van der Waals surface area contributed by atoms with Gasteiger partial charge in [0.25, 0.3) is 0 Å². The zero-order valence-electron chi connectivity index (χ0n) is 16.2. The molecule has 3 rings (SSSR count). The van der Waals surface area contributed by atoms with E-state index in [4.69, 9.17) is 12.2 Å². The van der Waals surface area contributed by atoms with E-state index in [1.54, 1.807) is 0 Å². The van der Waals surface area contributed by atoms with E-state index in [1.807, 2.05) is 11.8 Å². The lowest BCUT2D eigenvalue weighted by Gasteiger charge is -2.34. The maximum absolute atomic E-state index is 13.4. The topological polar surface area (TPSA) is 53.1 Å². The van der Waals surface area contributed by atoms with E-state index in [0.717, 1.165) is 51.0 Å². The van der Waals surface area contributed by atoms with E-state index in [9.17, 15) is 13.2 Å². The Labute approximate surface area is 169 Å². The fourth-order valence-electron chi connectivity index (χ4n) is 3.97. The van der Waals surface area contributed by atoms with E-state index >= 15 is 0 Å². The van der Waals surface area contributed by atoms with Crippen molar-refractivity contribution in [3.63, 3.8) is 0 Å². The van der Waals surface area contributed by atoms with E-state index in [0.29, 0.717) is 12.4 Å². The van der Waals surface area contributed by atoms with Crippen molar-refractivity contribution in [3.8, 4) is 0 Å². The lowest BCUT2D eigenvalue weighted by molar-refractivity contribution is -0.141. The standard InChI is InChI=1S/C19H28F3N5S/c1-13-8-6-7-11-27(13)16-12-15(19(20,21)22)24-17(25-16)26-18(28)23-14-9-4-2-3-5-10-14/h12-14H,2-11H2,1H3,(H2,23,24,25,26,28)/t13-/m0/s1. The van der Waals surface area contributed by atoms with Crippen LogP contribution in [0, 0.1) is 0 Å².